The maximum absolute atomic E-state index is 12.3. The number of aryl methyl sites for hydroxylation is 1. The number of thiazole rings is 1. The molecule has 0 unspecified atom stereocenters. The van der Waals surface area contributed by atoms with Crippen LogP contribution < -0.4 is 5.32 Å². The summed E-state index contributed by atoms with van der Waals surface area (Å²) in [5.74, 6) is -1.59. The maximum Gasteiger partial charge on any atom is 0.347 e. The van der Waals surface area contributed by atoms with E-state index in [1.165, 1.54) is 0 Å². The van der Waals surface area contributed by atoms with Crippen LogP contribution in [0.4, 0.5) is 0 Å². The van der Waals surface area contributed by atoms with E-state index in [-0.39, 0.29) is 29.0 Å². The van der Waals surface area contributed by atoms with Crippen molar-refractivity contribution in [1.82, 2.24) is 20.2 Å². The van der Waals surface area contributed by atoms with Crippen molar-refractivity contribution in [3.05, 3.63) is 45.7 Å². The average molecular weight is 388 g/mol. The van der Waals surface area contributed by atoms with E-state index < -0.39 is 5.97 Å². The van der Waals surface area contributed by atoms with Crippen molar-refractivity contribution in [2.24, 2.45) is 5.92 Å². The predicted molar refractivity (Wildman–Crippen MR) is 98.3 cm³/mol. The van der Waals surface area contributed by atoms with Crippen LogP contribution in [-0.4, -0.2) is 50.8 Å². The lowest BCUT2D eigenvalue weighted by molar-refractivity contribution is -0.129. The average Bonchev–Trinajstić information content (AvgIpc) is 3.19. The molecule has 2 amide bonds. The minimum absolute atomic E-state index is 0.0533. The number of rotatable bonds is 7. The predicted octanol–water partition coefficient (Wildman–Crippen LogP) is 1.25. The van der Waals surface area contributed by atoms with E-state index in [0.717, 1.165) is 17.0 Å². The van der Waals surface area contributed by atoms with E-state index in [0.29, 0.717) is 36.8 Å². The van der Waals surface area contributed by atoms with Crippen LogP contribution in [-0.2, 0) is 22.6 Å². The highest BCUT2D eigenvalue weighted by Crippen LogP contribution is 2.20. The fourth-order valence-corrected chi connectivity index (χ4v) is 3.89. The number of carboxylic acid groups (broad SMARTS) is 1. The van der Waals surface area contributed by atoms with Gasteiger partial charge in [0.05, 0.1) is 28.9 Å². The van der Waals surface area contributed by atoms with Crippen LogP contribution in [0.25, 0.3) is 0 Å². The fourth-order valence-electron chi connectivity index (χ4n) is 2.98. The van der Waals surface area contributed by atoms with E-state index >= 15 is 0 Å². The Morgan fingerprint density at radius 2 is 2.22 bits per heavy atom. The minimum Gasteiger partial charge on any atom is -0.477 e. The van der Waals surface area contributed by atoms with Gasteiger partial charge in [-0.1, -0.05) is 6.07 Å². The third-order valence-electron chi connectivity index (χ3n) is 4.34. The van der Waals surface area contributed by atoms with Crippen LogP contribution in [0, 0.1) is 12.8 Å². The largest absolute Gasteiger partial charge is 0.477 e. The molecule has 1 atom stereocenters. The first-order chi connectivity index (χ1) is 12.9. The number of nitrogens with one attached hydrogen (secondary N) is 1. The Bertz CT molecular complexity index is 852. The molecule has 0 bridgehead atoms. The third-order valence-corrected chi connectivity index (χ3v) is 5.54. The Balaban J connectivity index is 1.48. The number of pyridine rings is 1. The molecule has 0 aliphatic carbocycles. The minimum atomic E-state index is -0.988. The van der Waals surface area contributed by atoms with Gasteiger partial charge in [-0.3, -0.25) is 14.6 Å². The fraction of sp³-hybridized carbons (Fsp3) is 0.389. The summed E-state index contributed by atoms with van der Waals surface area (Å²) in [6.45, 7) is 2.79. The highest BCUT2D eigenvalue weighted by molar-refractivity contribution is 7.13. The van der Waals surface area contributed by atoms with Gasteiger partial charge in [-0.15, -0.1) is 11.3 Å². The summed E-state index contributed by atoms with van der Waals surface area (Å²) < 4.78 is 0. The Labute approximate surface area is 160 Å². The number of hydrogen-bond donors (Lipinski definition) is 2. The lowest BCUT2D eigenvalue weighted by atomic mass is 10.1. The van der Waals surface area contributed by atoms with Crippen LogP contribution >= 0.6 is 11.3 Å². The molecule has 3 heterocycles. The van der Waals surface area contributed by atoms with Crippen molar-refractivity contribution in [1.29, 1.82) is 0 Å². The molecule has 2 aromatic rings. The molecule has 1 fully saturated rings. The normalized spacial score (nSPS) is 16.6. The summed E-state index contributed by atoms with van der Waals surface area (Å²) in [5, 5.41) is 12.5. The number of carbonyl (C=O) groups excluding carboxylic acids is 2. The van der Waals surface area contributed by atoms with Gasteiger partial charge >= 0.3 is 5.97 Å². The molecule has 27 heavy (non-hydrogen) atoms. The standard InChI is InChI=1S/C18H20N4O4S/c1-11-16(18(25)26)27-14(21-11)5-7-20-17(24)12-8-15(23)22(9-12)10-13-4-2-3-6-19-13/h2-4,6,12H,5,7-10H2,1H3,(H,20,24)(H,25,26)/t12-/m0/s1. The SMILES string of the molecule is Cc1nc(CCNC(=O)[C@H]2CC(=O)N(Cc3ccccn3)C2)sc1C(=O)O. The number of nitrogens with zero attached hydrogens (tertiary/aromatic N) is 3. The lowest BCUT2D eigenvalue weighted by Crippen LogP contribution is -2.34. The van der Waals surface area contributed by atoms with Crippen molar-refractivity contribution < 1.29 is 19.5 Å². The summed E-state index contributed by atoms with van der Waals surface area (Å²) in [6, 6.07) is 5.53. The zero-order valence-electron chi connectivity index (χ0n) is 14.8. The van der Waals surface area contributed by atoms with Gasteiger partial charge in [0.1, 0.15) is 4.88 Å². The summed E-state index contributed by atoms with van der Waals surface area (Å²) in [4.78, 5) is 45.8. The maximum atomic E-state index is 12.3. The Morgan fingerprint density at radius 1 is 1.41 bits per heavy atom. The highest BCUT2D eigenvalue weighted by Gasteiger charge is 2.34. The van der Waals surface area contributed by atoms with Crippen LogP contribution in [0.2, 0.25) is 0 Å². The molecule has 142 valence electrons. The number of carbonyl (C=O) groups is 3. The van der Waals surface area contributed by atoms with Gasteiger partial charge in [-0.25, -0.2) is 9.78 Å². The molecule has 8 nitrogen and oxygen atoms in total. The number of hydrogen-bond acceptors (Lipinski definition) is 6. The quantitative estimate of drug-likeness (QED) is 0.738. The molecular formula is C18H20N4O4S. The molecular weight excluding hydrogens is 368 g/mol. The molecule has 0 radical (unpaired) electrons. The van der Waals surface area contributed by atoms with Crippen LogP contribution in [0.3, 0.4) is 0 Å². The second-order valence-corrected chi connectivity index (χ2v) is 7.45. The van der Waals surface area contributed by atoms with Crippen molar-refractivity contribution in [3.8, 4) is 0 Å². The monoisotopic (exact) mass is 388 g/mol. The smallest absolute Gasteiger partial charge is 0.347 e. The molecule has 0 aromatic carbocycles. The second-order valence-electron chi connectivity index (χ2n) is 6.36. The van der Waals surface area contributed by atoms with Crippen LogP contribution in [0.5, 0.6) is 0 Å². The van der Waals surface area contributed by atoms with E-state index in [1.54, 1.807) is 18.0 Å². The first-order valence-corrected chi connectivity index (χ1v) is 9.40. The molecule has 1 aliphatic heterocycles. The zero-order valence-corrected chi connectivity index (χ0v) is 15.7. The first kappa shape index (κ1) is 19.0. The van der Waals surface area contributed by atoms with Gasteiger partial charge in [0.2, 0.25) is 11.8 Å². The molecule has 1 aliphatic rings. The number of aromatic nitrogens is 2. The summed E-state index contributed by atoms with van der Waals surface area (Å²) in [6.07, 6.45) is 2.33. The molecule has 9 heteroatoms. The van der Waals surface area contributed by atoms with Gasteiger partial charge in [-0.05, 0) is 19.1 Å². The Morgan fingerprint density at radius 3 is 2.89 bits per heavy atom. The highest BCUT2D eigenvalue weighted by atomic mass is 32.1. The topological polar surface area (TPSA) is 112 Å². The molecule has 0 spiro atoms. The summed E-state index contributed by atoms with van der Waals surface area (Å²) in [5.41, 5.74) is 1.28. The third kappa shape index (κ3) is 4.68. The number of aromatic carboxylic acids is 1. The second kappa shape index (κ2) is 8.26. The van der Waals surface area contributed by atoms with E-state index in [4.69, 9.17) is 5.11 Å². The molecule has 0 saturated carbocycles. The first-order valence-electron chi connectivity index (χ1n) is 8.59. The molecule has 3 rings (SSSR count). The van der Waals surface area contributed by atoms with E-state index in [9.17, 15) is 14.4 Å². The number of likely N-dealkylation sites (tertiary alicyclic amines) is 1. The summed E-state index contributed by atoms with van der Waals surface area (Å²) >= 11 is 1.12. The Kier molecular flexibility index (Phi) is 5.80. The number of amides is 2. The van der Waals surface area contributed by atoms with E-state index in [2.05, 4.69) is 15.3 Å². The van der Waals surface area contributed by atoms with Gasteiger partial charge in [0.25, 0.3) is 0 Å². The van der Waals surface area contributed by atoms with Gasteiger partial charge in [0.15, 0.2) is 0 Å². The van der Waals surface area contributed by atoms with Crippen LogP contribution in [0.1, 0.15) is 32.5 Å². The van der Waals surface area contributed by atoms with Gasteiger partial charge in [0, 0.05) is 32.1 Å². The van der Waals surface area contributed by atoms with Crippen molar-refractivity contribution in [3.63, 3.8) is 0 Å². The zero-order chi connectivity index (χ0) is 19.4. The van der Waals surface area contributed by atoms with Gasteiger partial charge < -0.3 is 15.3 Å². The van der Waals surface area contributed by atoms with E-state index in [1.807, 2.05) is 18.2 Å². The summed E-state index contributed by atoms with van der Waals surface area (Å²) in [7, 11) is 0. The van der Waals surface area contributed by atoms with Crippen LogP contribution in [0.15, 0.2) is 24.4 Å². The van der Waals surface area contributed by atoms with Crippen molar-refractivity contribution in [2.75, 3.05) is 13.1 Å². The van der Waals surface area contributed by atoms with Gasteiger partial charge in [-0.2, -0.15) is 0 Å². The number of carboxylic acids is 1. The van der Waals surface area contributed by atoms with Crippen molar-refractivity contribution >= 4 is 29.1 Å². The molecule has 2 aromatic heterocycles. The Hall–Kier alpha value is -2.81. The molecule has 1 saturated heterocycles. The lowest BCUT2D eigenvalue weighted by Gasteiger charge is -2.16. The van der Waals surface area contributed by atoms with Crippen molar-refractivity contribution in [2.45, 2.75) is 26.3 Å². The molecule has 2 N–H and O–H groups in total.